The van der Waals surface area contributed by atoms with Crippen LogP contribution in [0.5, 0.6) is 0 Å². The van der Waals surface area contributed by atoms with E-state index in [-0.39, 0.29) is 5.82 Å². The Balaban J connectivity index is 1.41. The predicted molar refractivity (Wildman–Crippen MR) is 130 cm³/mol. The fourth-order valence-corrected chi connectivity index (χ4v) is 4.49. The van der Waals surface area contributed by atoms with E-state index in [9.17, 15) is 14.0 Å². The van der Waals surface area contributed by atoms with E-state index in [1.165, 1.54) is 22.3 Å². The highest BCUT2D eigenvalue weighted by atomic mass is 19.1. The predicted octanol–water partition coefficient (Wildman–Crippen LogP) is 1.98. The minimum Gasteiger partial charge on any atom is -0.340 e. The smallest absolute Gasteiger partial charge is 0.329 e. The molecule has 4 aromatic rings. The van der Waals surface area contributed by atoms with E-state index < -0.39 is 11.2 Å². The SMILES string of the molecule is Cn1c(=O)[nH]c(=O)c2c1nc(N1CCN(CCc3ccccc3)CC1)n2Cc1ccc(F)cc1. The van der Waals surface area contributed by atoms with E-state index in [1.807, 2.05) is 10.6 Å². The Morgan fingerprint density at radius 2 is 1.65 bits per heavy atom. The van der Waals surface area contributed by atoms with Crippen LogP contribution in [0.4, 0.5) is 10.3 Å². The van der Waals surface area contributed by atoms with Gasteiger partial charge in [0.15, 0.2) is 11.2 Å². The first-order valence-corrected chi connectivity index (χ1v) is 11.4. The first kappa shape index (κ1) is 22.1. The van der Waals surface area contributed by atoms with Crippen molar-refractivity contribution in [1.29, 1.82) is 0 Å². The molecule has 0 spiro atoms. The van der Waals surface area contributed by atoms with Crippen LogP contribution in [0.25, 0.3) is 11.2 Å². The second kappa shape index (κ2) is 9.26. The number of halogens is 1. The summed E-state index contributed by atoms with van der Waals surface area (Å²) >= 11 is 0. The lowest BCUT2D eigenvalue weighted by molar-refractivity contribution is 0.259. The second-order valence-corrected chi connectivity index (χ2v) is 8.68. The number of nitrogens with zero attached hydrogens (tertiary/aromatic N) is 5. The van der Waals surface area contributed by atoms with Gasteiger partial charge < -0.3 is 4.90 Å². The molecule has 0 saturated carbocycles. The fourth-order valence-electron chi connectivity index (χ4n) is 4.49. The summed E-state index contributed by atoms with van der Waals surface area (Å²) in [5.74, 6) is 0.333. The number of aromatic nitrogens is 4. The zero-order valence-corrected chi connectivity index (χ0v) is 19.1. The Kier molecular flexibility index (Phi) is 6.02. The fraction of sp³-hybridized carbons (Fsp3) is 0.320. The van der Waals surface area contributed by atoms with Crippen molar-refractivity contribution in [2.75, 3.05) is 37.6 Å². The van der Waals surface area contributed by atoms with Crippen LogP contribution in [-0.2, 0) is 20.0 Å². The normalized spacial score (nSPS) is 14.7. The van der Waals surface area contributed by atoms with Crippen LogP contribution < -0.4 is 16.1 Å². The average Bonchev–Trinajstić information content (AvgIpc) is 3.23. The van der Waals surface area contributed by atoms with Crippen LogP contribution in [0.2, 0.25) is 0 Å². The second-order valence-electron chi connectivity index (χ2n) is 8.68. The largest absolute Gasteiger partial charge is 0.340 e. The van der Waals surface area contributed by atoms with Gasteiger partial charge in [-0.2, -0.15) is 4.98 Å². The van der Waals surface area contributed by atoms with Gasteiger partial charge in [0.1, 0.15) is 5.82 Å². The van der Waals surface area contributed by atoms with Crippen molar-refractivity contribution in [3.8, 4) is 0 Å². The molecule has 0 bridgehead atoms. The molecule has 0 radical (unpaired) electrons. The number of imidazole rings is 1. The number of H-pyrrole nitrogens is 1. The highest BCUT2D eigenvalue weighted by Gasteiger charge is 2.25. The molecule has 2 aromatic carbocycles. The lowest BCUT2D eigenvalue weighted by Crippen LogP contribution is -2.47. The van der Waals surface area contributed by atoms with Gasteiger partial charge >= 0.3 is 5.69 Å². The van der Waals surface area contributed by atoms with Gasteiger partial charge in [0.05, 0.1) is 6.54 Å². The molecule has 5 rings (SSSR count). The summed E-state index contributed by atoms with van der Waals surface area (Å²) in [6.45, 7) is 4.60. The minimum absolute atomic E-state index is 0.314. The number of benzene rings is 2. The molecule has 0 amide bonds. The number of piperazine rings is 1. The molecule has 9 heteroatoms. The minimum atomic E-state index is -0.499. The molecule has 2 aromatic heterocycles. The molecule has 1 saturated heterocycles. The molecule has 0 aliphatic carbocycles. The first-order chi connectivity index (χ1) is 16.5. The Morgan fingerprint density at radius 1 is 0.941 bits per heavy atom. The van der Waals surface area contributed by atoms with E-state index >= 15 is 0 Å². The van der Waals surface area contributed by atoms with Gasteiger partial charge in [0.2, 0.25) is 5.95 Å². The van der Waals surface area contributed by atoms with Gasteiger partial charge in [-0.1, -0.05) is 42.5 Å². The van der Waals surface area contributed by atoms with Crippen molar-refractivity contribution in [2.24, 2.45) is 7.05 Å². The van der Waals surface area contributed by atoms with Crippen molar-refractivity contribution < 1.29 is 4.39 Å². The van der Waals surface area contributed by atoms with Gasteiger partial charge in [-0.05, 0) is 29.7 Å². The van der Waals surface area contributed by atoms with Crippen LogP contribution in [0, 0.1) is 5.82 Å². The standard InChI is InChI=1S/C25H27FN6O2/c1-29-22-21(23(33)28-25(29)34)32(17-19-7-9-20(26)10-8-19)24(27-22)31-15-13-30(14-16-31)12-11-18-5-3-2-4-6-18/h2-10H,11-17H2,1H3,(H,28,33,34). The van der Waals surface area contributed by atoms with Gasteiger partial charge in [0.25, 0.3) is 5.56 Å². The number of fused-ring (bicyclic) bond motifs is 1. The first-order valence-electron chi connectivity index (χ1n) is 11.4. The van der Waals surface area contributed by atoms with Crippen LogP contribution in [0.3, 0.4) is 0 Å². The Morgan fingerprint density at radius 3 is 2.35 bits per heavy atom. The summed E-state index contributed by atoms with van der Waals surface area (Å²) in [5, 5.41) is 0. The zero-order valence-electron chi connectivity index (χ0n) is 19.1. The number of hydrogen-bond donors (Lipinski definition) is 1. The number of hydrogen-bond acceptors (Lipinski definition) is 5. The molecule has 1 fully saturated rings. The topological polar surface area (TPSA) is 79.2 Å². The lowest BCUT2D eigenvalue weighted by Gasteiger charge is -2.35. The molecule has 3 heterocycles. The Bertz CT molecular complexity index is 1400. The molecule has 1 aliphatic heterocycles. The molecule has 1 aliphatic rings. The van der Waals surface area contributed by atoms with Crippen molar-refractivity contribution >= 4 is 17.1 Å². The van der Waals surface area contributed by atoms with Crippen LogP contribution >= 0.6 is 0 Å². The van der Waals surface area contributed by atoms with Gasteiger partial charge in [-0.15, -0.1) is 0 Å². The van der Waals surface area contributed by atoms with Crippen LogP contribution in [0.1, 0.15) is 11.1 Å². The van der Waals surface area contributed by atoms with Gasteiger partial charge in [-0.3, -0.25) is 23.8 Å². The van der Waals surface area contributed by atoms with E-state index in [4.69, 9.17) is 4.98 Å². The van der Waals surface area contributed by atoms with Crippen molar-refractivity contribution in [3.05, 3.63) is 92.4 Å². The monoisotopic (exact) mass is 462 g/mol. The number of aryl methyl sites for hydroxylation is 1. The number of rotatable bonds is 6. The maximum absolute atomic E-state index is 13.4. The summed E-state index contributed by atoms with van der Waals surface area (Å²) in [7, 11) is 1.60. The zero-order chi connectivity index (χ0) is 23.7. The van der Waals surface area contributed by atoms with Crippen LogP contribution in [-0.4, -0.2) is 56.7 Å². The van der Waals surface area contributed by atoms with Crippen molar-refractivity contribution in [3.63, 3.8) is 0 Å². The van der Waals surface area contributed by atoms with Crippen molar-refractivity contribution in [2.45, 2.75) is 13.0 Å². The molecule has 0 atom stereocenters. The van der Waals surface area contributed by atoms with E-state index in [0.29, 0.717) is 23.7 Å². The summed E-state index contributed by atoms with van der Waals surface area (Å²) in [4.78, 5) is 36.6. The molecular formula is C25H27FN6O2. The van der Waals surface area contributed by atoms with Gasteiger partial charge in [0, 0.05) is 39.8 Å². The summed E-state index contributed by atoms with van der Waals surface area (Å²) in [6, 6.07) is 16.7. The van der Waals surface area contributed by atoms with Gasteiger partial charge in [-0.25, -0.2) is 9.18 Å². The summed E-state index contributed by atoms with van der Waals surface area (Å²) in [5.41, 5.74) is 1.88. The average molecular weight is 463 g/mol. The quantitative estimate of drug-likeness (QED) is 0.474. The molecule has 8 nitrogen and oxygen atoms in total. The number of anilines is 1. The maximum Gasteiger partial charge on any atom is 0.329 e. The molecular weight excluding hydrogens is 435 g/mol. The molecule has 176 valence electrons. The maximum atomic E-state index is 13.4. The van der Waals surface area contributed by atoms with E-state index in [1.54, 1.807) is 19.2 Å². The lowest BCUT2D eigenvalue weighted by atomic mass is 10.1. The molecule has 1 N–H and O–H groups in total. The number of nitrogens with one attached hydrogen (secondary N) is 1. The highest BCUT2D eigenvalue weighted by Crippen LogP contribution is 2.22. The number of aromatic amines is 1. The van der Waals surface area contributed by atoms with Crippen molar-refractivity contribution in [1.82, 2.24) is 24.0 Å². The molecule has 0 unspecified atom stereocenters. The Labute approximate surface area is 195 Å². The highest BCUT2D eigenvalue weighted by molar-refractivity contribution is 5.74. The van der Waals surface area contributed by atoms with Crippen LogP contribution in [0.15, 0.2) is 64.2 Å². The summed E-state index contributed by atoms with van der Waals surface area (Å²) < 4.78 is 16.6. The third kappa shape index (κ3) is 4.38. The summed E-state index contributed by atoms with van der Waals surface area (Å²) in [6.07, 6.45) is 1.00. The third-order valence-corrected chi connectivity index (χ3v) is 6.46. The Hall–Kier alpha value is -3.72. The van der Waals surface area contributed by atoms with E-state index in [0.717, 1.165) is 44.7 Å². The molecule has 34 heavy (non-hydrogen) atoms. The van der Waals surface area contributed by atoms with E-state index in [2.05, 4.69) is 39.0 Å². The third-order valence-electron chi connectivity index (χ3n) is 6.46.